The van der Waals surface area contributed by atoms with Gasteiger partial charge in [-0.3, -0.25) is 4.79 Å². The number of carbonyl (C=O) groups excluding carboxylic acids is 1. The zero-order valence-electron chi connectivity index (χ0n) is 9.44. The fourth-order valence-corrected chi connectivity index (χ4v) is 2.89. The van der Waals surface area contributed by atoms with Crippen molar-refractivity contribution in [3.8, 4) is 0 Å². The molecule has 1 saturated heterocycles. The van der Waals surface area contributed by atoms with Crippen LogP contribution in [0, 0.1) is 0 Å². The number of hydrogen-bond donors (Lipinski definition) is 0. The largest absolute Gasteiger partial charge is 0.380 e. The van der Waals surface area contributed by atoms with E-state index in [1.54, 1.807) is 6.92 Å². The van der Waals surface area contributed by atoms with Crippen LogP contribution in [-0.4, -0.2) is 24.2 Å². The molecular weight excluding hydrogens is 220 g/mol. The van der Waals surface area contributed by atoms with E-state index in [4.69, 9.17) is 4.74 Å². The number of ketones is 1. The monoisotopic (exact) mass is 236 g/mol. The van der Waals surface area contributed by atoms with Crippen molar-refractivity contribution in [1.82, 2.24) is 0 Å². The minimum absolute atomic E-state index is 0.123. The summed E-state index contributed by atoms with van der Waals surface area (Å²) in [6, 6.07) is 7.84. The predicted molar refractivity (Wildman–Crippen MR) is 66.1 cm³/mol. The topological polar surface area (TPSA) is 26.3 Å². The molecular formula is C13H16O2S. The maximum absolute atomic E-state index is 11.1. The molecule has 0 aromatic heterocycles. The molecule has 0 N–H and O–H groups in total. The van der Waals surface area contributed by atoms with Crippen LogP contribution in [0.3, 0.4) is 0 Å². The van der Waals surface area contributed by atoms with Crippen molar-refractivity contribution in [2.45, 2.75) is 29.9 Å². The molecule has 1 fully saturated rings. The Kier molecular flexibility index (Phi) is 4.02. The lowest BCUT2D eigenvalue weighted by atomic mass is 10.2. The van der Waals surface area contributed by atoms with E-state index in [1.807, 2.05) is 36.0 Å². The molecule has 3 heteroatoms. The zero-order valence-corrected chi connectivity index (χ0v) is 10.3. The summed E-state index contributed by atoms with van der Waals surface area (Å²) in [5.41, 5.74) is 0.782. The third-order valence-corrected chi connectivity index (χ3v) is 3.93. The standard InChI is InChI=1S/C13H16O2S/c1-10(14)11-4-6-12(7-5-11)16-13-3-2-8-15-9-13/h4-7,13H,2-3,8-9H2,1H3. The smallest absolute Gasteiger partial charge is 0.159 e. The van der Waals surface area contributed by atoms with Gasteiger partial charge < -0.3 is 4.74 Å². The second-order valence-electron chi connectivity index (χ2n) is 4.04. The molecule has 2 rings (SSSR count). The highest BCUT2D eigenvalue weighted by atomic mass is 32.2. The molecule has 1 aromatic carbocycles. The fourth-order valence-electron chi connectivity index (χ4n) is 1.76. The SMILES string of the molecule is CC(=O)c1ccc(SC2CCCOC2)cc1. The highest BCUT2D eigenvalue weighted by molar-refractivity contribution is 8.00. The van der Waals surface area contributed by atoms with Gasteiger partial charge >= 0.3 is 0 Å². The van der Waals surface area contributed by atoms with Crippen molar-refractivity contribution in [3.05, 3.63) is 29.8 Å². The van der Waals surface area contributed by atoms with Gasteiger partial charge in [-0.1, -0.05) is 12.1 Å². The van der Waals surface area contributed by atoms with Crippen LogP contribution in [0.15, 0.2) is 29.2 Å². The van der Waals surface area contributed by atoms with Crippen LogP contribution in [0.1, 0.15) is 30.1 Å². The molecule has 1 heterocycles. The van der Waals surface area contributed by atoms with E-state index >= 15 is 0 Å². The zero-order chi connectivity index (χ0) is 11.4. The van der Waals surface area contributed by atoms with Gasteiger partial charge in [0.15, 0.2) is 5.78 Å². The summed E-state index contributed by atoms with van der Waals surface area (Å²) in [6.07, 6.45) is 2.38. The number of rotatable bonds is 3. The van der Waals surface area contributed by atoms with Crippen LogP contribution in [0.5, 0.6) is 0 Å². The van der Waals surface area contributed by atoms with E-state index in [0.29, 0.717) is 5.25 Å². The maximum Gasteiger partial charge on any atom is 0.159 e. The molecule has 1 aromatic rings. The number of ether oxygens (including phenoxy) is 1. The van der Waals surface area contributed by atoms with Crippen LogP contribution in [0.25, 0.3) is 0 Å². The Morgan fingerprint density at radius 1 is 1.38 bits per heavy atom. The van der Waals surface area contributed by atoms with Gasteiger partial charge in [0.2, 0.25) is 0 Å². The molecule has 1 atom stereocenters. The first-order valence-corrected chi connectivity index (χ1v) is 6.49. The van der Waals surface area contributed by atoms with Gasteiger partial charge in [-0.2, -0.15) is 0 Å². The molecule has 0 amide bonds. The number of Topliss-reactive ketones (excluding diaryl/α,β-unsaturated/α-hetero) is 1. The Labute approximate surface area is 100 Å². The van der Waals surface area contributed by atoms with Crippen LogP contribution in [-0.2, 0) is 4.74 Å². The summed E-state index contributed by atoms with van der Waals surface area (Å²) in [4.78, 5) is 12.3. The predicted octanol–water partition coefficient (Wildman–Crippen LogP) is 3.16. The second-order valence-corrected chi connectivity index (χ2v) is 5.41. The lowest BCUT2D eigenvalue weighted by Gasteiger charge is -2.21. The second kappa shape index (κ2) is 5.51. The molecule has 0 aliphatic carbocycles. The third-order valence-electron chi connectivity index (χ3n) is 2.68. The van der Waals surface area contributed by atoms with Gasteiger partial charge in [0, 0.05) is 22.3 Å². The normalized spacial score (nSPS) is 20.7. The Balaban J connectivity index is 1.96. The van der Waals surface area contributed by atoms with Crippen LogP contribution in [0.2, 0.25) is 0 Å². The molecule has 0 bridgehead atoms. The van der Waals surface area contributed by atoms with Crippen molar-refractivity contribution < 1.29 is 9.53 Å². The van der Waals surface area contributed by atoms with Gasteiger partial charge in [-0.05, 0) is 31.9 Å². The first kappa shape index (κ1) is 11.7. The highest BCUT2D eigenvalue weighted by Crippen LogP contribution is 2.28. The van der Waals surface area contributed by atoms with Crippen molar-refractivity contribution >= 4 is 17.5 Å². The molecule has 1 aliphatic rings. The van der Waals surface area contributed by atoms with Gasteiger partial charge in [0.25, 0.3) is 0 Å². The van der Waals surface area contributed by atoms with E-state index < -0.39 is 0 Å². The van der Waals surface area contributed by atoms with Crippen LogP contribution < -0.4 is 0 Å². The minimum Gasteiger partial charge on any atom is -0.380 e. The van der Waals surface area contributed by atoms with E-state index in [-0.39, 0.29) is 5.78 Å². The summed E-state index contributed by atoms with van der Waals surface area (Å²) in [6.45, 7) is 3.34. The number of benzene rings is 1. The molecule has 0 radical (unpaired) electrons. The Morgan fingerprint density at radius 2 is 2.12 bits per heavy atom. The summed E-state index contributed by atoms with van der Waals surface area (Å²) >= 11 is 1.85. The Hall–Kier alpha value is -0.800. The average Bonchev–Trinajstić information content (AvgIpc) is 2.31. The van der Waals surface area contributed by atoms with Gasteiger partial charge in [0.05, 0.1) is 6.61 Å². The van der Waals surface area contributed by atoms with Crippen molar-refractivity contribution in [1.29, 1.82) is 0 Å². The van der Waals surface area contributed by atoms with E-state index in [2.05, 4.69) is 0 Å². The summed E-state index contributed by atoms with van der Waals surface area (Å²) in [5, 5.41) is 0.567. The quantitative estimate of drug-likeness (QED) is 0.754. The van der Waals surface area contributed by atoms with Crippen molar-refractivity contribution in [3.63, 3.8) is 0 Å². The van der Waals surface area contributed by atoms with Gasteiger partial charge in [0.1, 0.15) is 0 Å². The summed E-state index contributed by atoms with van der Waals surface area (Å²) in [7, 11) is 0. The van der Waals surface area contributed by atoms with Crippen LogP contribution >= 0.6 is 11.8 Å². The highest BCUT2D eigenvalue weighted by Gasteiger charge is 2.14. The van der Waals surface area contributed by atoms with E-state index in [1.165, 1.54) is 11.3 Å². The Morgan fingerprint density at radius 3 is 2.69 bits per heavy atom. The summed E-state index contributed by atoms with van der Waals surface area (Å²) in [5.74, 6) is 0.123. The molecule has 2 nitrogen and oxygen atoms in total. The lowest BCUT2D eigenvalue weighted by Crippen LogP contribution is -2.19. The van der Waals surface area contributed by atoms with Gasteiger partial charge in [-0.25, -0.2) is 0 Å². The van der Waals surface area contributed by atoms with E-state index in [0.717, 1.165) is 25.2 Å². The molecule has 1 aliphatic heterocycles. The van der Waals surface area contributed by atoms with Gasteiger partial charge in [-0.15, -0.1) is 11.8 Å². The van der Waals surface area contributed by atoms with Crippen LogP contribution in [0.4, 0.5) is 0 Å². The number of hydrogen-bond acceptors (Lipinski definition) is 3. The maximum atomic E-state index is 11.1. The first-order chi connectivity index (χ1) is 7.75. The van der Waals surface area contributed by atoms with Crippen molar-refractivity contribution in [2.75, 3.05) is 13.2 Å². The summed E-state index contributed by atoms with van der Waals surface area (Å²) < 4.78 is 5.44. The third kappa shape index (κ3) is 3.09. The molecule has 0 spiro atoms. The number of thioether (sulfide) groups is 1. The first-order valence-electron chi connectivity index (χ1n) is 5.61. The number of carbonyl (C=O) groups is 1. The molecule has 86 valence electrons. The molecule has 16 heavy (non-hydrogen) atoms. The lowest BCUT2D eigenvalue weighted by molar-refractivity contribution is 0.101. The molecule has 0 saturated carbocycles. The average molecular weight is 236 g/mol. The van der Waals surface area contributed by atoms with Crippen molar-refractivity contribution in [2.24, 2.45) is 0 Å². The minimum atomic E-state index is 0.123. The van der Waals surface area contributed by atoms with E-state index in [9.17, 15) is 4.79 Å². The fraction of sp³-hybridized carbons (Fsp3) is 0.462. The molecule has 1 unspecified atom stereocenters. The Bertz CT molecular complexity index is 353.